The van der Waals surface area contributed by atoms with Crippen molar-refractivity contribution >= 4 is 25.6 Å². The lowest BCUT2D eigenvalue weighted by Gasteiger charge is -2.06. The molecule has 0 aliphatic carbocycles. The van der Waals surface area contributed by atoms with Gasteiger partial charge in [-0.1, -0.05) is 13.3 Å². The summed E-state index contributed by atoms with van der Waals surface area (Å²) in [6.45, 7) is 2.41. The molecule has 0 aliphatic rings. The van der Waals surface area contributed by atoms with Gasteiger partial charge in [0.1, 0.15) is 5.82 Å². The second-order valence-corrected chi connectivity index (χ2v) is 6.25. The fourth-order valence-corrected chi connectivity index (χ4v) is 2.07. The average molecular weight is 294 g/mol. The highest BCUT2D eigenvalue weighted by molar-refractivity contribution is 8.13. The number of carbonyl (C=O) groups is 1. The lowest BCUT2D eigenvalue weighted by Crippen LogP contribution is -2.25. The van der Waals surface area contributed by atoms with E-state index in [9.17, 15) is 17.6 Å². The molecule has 0 fully saturated rings. The summed E-state index contributed by atoms with van der Waals surface area (Å²) in [4.78, 5) is 11.2. The van der Waals surface area contributed by atoms with Gasteiger partial charge < -0.3 is 5.32 Å². The van der Waals surface area contributed by atoms with Crippen molar-refractivity contribution < 1.29 is 17.6 Å². The third-order valence-electron chi connectivity index (χ3n) is 2.28. The Kier molecular flexibility index (Phi) is 5.10. The summed E-state index contributed by atoms with van der Waals surface area (Å²) in [5.41, 5.74) is -0.199. The minimum atomic E-state index is -3.99. The molecule has 0 atom stereocenters. The van der Waals surface area contributed by atoms with Gasteiger partial charge in [0.05, 0.1) is 10.5 Å². The van der Waals surface area contributed by atoms with Gasteiger partial charge in [0.25, 0.3) is 15.0 Å². The summed E-state index contributed by atoms with van der Waals surface area (Å²) >= 11 is 0. The van der Waals surface area contributed by atoms with Crippen molar-refractivity contribution in [2.45, 2.75) is 24.7 Å². The van der Waals surface area contributed by atoms with Crippen LogP contribution < -0.4 is 5.32 Å². The van der Waals surface area contributed by atoms with Crippen LogP contribution in [0.15, 0.2) is 23.1 Å². The Morgan fingerprint density at radius 1 is 1.44 bits per heavy atom. The largest absolute Gasteiger partial charge is 0.352 e. The van der Waals surface area contributed by atoms with E-state index < -0.39 is 20.8 Å². The minimum absolute atomic E-state index is 0.199. The SMILES string of the molecule is CCCCNC(=O)c1ccc(S(=O)(=O)Cl)cc1F. The van der Waals surface area contributed by atoms with Gasteiger partial charge in [-0.2, -0.15) is 0 Å². The standard InChI is InChI=1S/C11H13ClFNO3S/c1-2-3-6-14-11(15)9-5-4-8(7-10(9)13)18(12,16)17/h4-5,7H,2-3,6H2,1H3,(H,14,15). The van der Waals surface area contributed by atoms with Gasteiger partial charge in [0.2, 0.25) is 0 Å². The molecule has 0 saturated carbocycles. The van der Waals surface area contributed by atoms with Crippen molar-refractivity contribution in [1.29, 1.82) is 0 Å². The predicted molar refractivity (Wildman–Crippen MR) is 66.7 cm³/mol. The zero-order valence-corrected chi connectivity index (χ0v) is 11.3. The Morgan fingerprint density at radius 3 is 2.61 bits per heavy atom. The quantitative estimate of drug-likeness (QED) is 0.669. The number of rotatable bonds is 5. The van der Waals surface area contributed by atoms with Gasteiger partial charge in [-0.05, 0) is 24.6 Å². The van der Waals surface area contributed by atoms with Crippen molar-refractivity contribution in [3.8, 4) is 0 Å². The van der Waals surface area contributed by atoms with Crippen molar-refractivity contribution in [2.75, 3.05) is 6.54 Å². The Bertz CT molecular complexity index is 545. The number of unbranched alkanes of at least 4 members (excludes halogenated alkanes) is 1. The minimum Gasteiger partial charge on any atom is -0.352 e. The van der Waals surface area contributed by atoms with Gasteiger partial charge in [-0.25, -0.2) is 12.8 Å². The molecule has 1 rings (SSSR count). The average Bonchev–Trinajstić information content (AvgIpc) is 2.27. The molecule has 0 aliphatic heterocycles. The molecule has 4 nitrogen and oxygen atoms in total. The number of halogens is 2. The number of carbonyl (C=O) groups excluding carboxylic acids is 1. The van der Waals surface area contributed by atoms with Crippen LogP contribution in [0, 0.1) is 5.82 Å². The first-order chi connectivity index (χ1) is 8.36. The van der Waals surface area contributed by atoms with Crippen molar-refractivity contribution in [1.82, 2.24) is 5.32 Å². The molecule has 7 heteroatoms. The number of amides is 1. The Labute approximate surface area is 110 Å². The van der Waals surface area contributed by atoms with Crippen molar-refractivity contribution in [2.24, 2.45) is 0 Å². The molecule has 100 valence electrons. The molecule has 1 aromatic rings. The fourth-order valence-electron chi connectivity index (χ4n) is 1.31. The van der Waals surface area contributed by atoms with Gasteiger partial charge in [-0.3, -0.25) is 4.79 Å². The summed E-state index contributed by atoms with van der Waals surface area (Å²) in [5, 5.41) is 2.54. The van der Waals surface area contributed by atoms with Crippen LogP contribution in [0.4, 0.5) is 4.39 Å². The van der Waals surface area contributed by atoms with Crippen molar-refractivity contribution in [3.63, 3.8) is 0 Å². The third kappa shape index (κ3) is 3.96. The van der Waals surface area contributed by atoms with Crippen LogP contribution in [0.5, 0.6) is 0 Å². The second-order valence-electron chi connectivity index (χ2n) is 3.69. The van der Waals surface area contributed by atoms with E-state index in [0.29, 0.717) is 6.54 Å². The van der Waals surface area contributed by atoms with Crippen LogP contribution in [0.1, 0.15) is 30.1 Å². The molecule has 18 heavy (non-hydrogen) atoms. The summed E-state index contributed by atoms with van der Waals surface area (Å²) in [5.74, 6) is -1.48. The normalized spacial score (nSPS) is 11.3. The summed E-state index contributed by atoms with van der Waals surface area (Å²) in [6.07, 6.45) is 1.70. The molecule has 0 bridgehead atoms. The van der Waals surface area contributed by atoms with E-state index in [4.69, 9.17) is 10.7 Å². The van der Waals surface area contributed by atoms with E-state index in [0.717, 1.165) is 31.0 Å². The maximum absolute atomic E-state index is 13.6. The monoisotopic (exact) mass is 293 g/mol. The topological polar surface area (TPSA) is 63.2 Å². The molecular weight excluding hydrogens is 281 g/mol. The molecule has 0 heterocycles. The van der Waals surface area contributed by atoms with E-state index >= 15 is 0 Å². The van der Waals surface area contributed by atoms with Gasteiger partial charge in [0, 0.05) is 17.2 Å². The first kappa shape index (κ1) is 14.9. The first-order valence-electron chi connectivity index (χ1n) is 5.38. The smallest absolute Gasteiger partial charge is 0.261 e. The molecule has 1 N–H and O–H groups in total. The maximum atomic E-state index is 13.6. The van der Waals surface area contributed by atoms with Crippen LogP contribution in [-0.4, -0.2) is 20.9 Å². The zero-order chi connectivity index (χ0) is 13.8. The molecular formula is C11H13ClFNO3S. The first-order valence-corrected chi connectivity index (χ1v) is 7.69. The van der Waals surface area contributed by atoms with E-state index in [1.165, 1.54) is 0 Å². The molecule has 0 saturated heterocycles. The van der Waals surface area contributed by atoms with Gasteiger partial charge in [0.15, 0.2) is 0 Å². The lowest BCUT2D eigenvalue weighted by atomic mass is 10.2. The van der Waals surface area contributed by atoms with Gasteiger partial charge >= 0.3 is 0 Å². The Morgan fingerprint density at radius 2 is 2.11 bits per heavy atom. The highest BCUT2D eigenvalue weighted by Crippen LogP contribution is 2.18. The summed E-state index contributed by atoms with van der Waals surface area (Å²) in [6, 6.07) is 2.93. The summed E-state index contributed by atoms with van der Waals surface area (Å²) in [7, 11) is 1.08. The number of nitrogens with one attached hydrogen (secondary N) is 1. The van der Waals surface area contributed by atoms with Gasteiger partial charge in [-0.15, -0.1) is 0 Å². The number of hydrogen-bond donors (Lipinski definition) is 1. The highest BCUT2D eigenvalue weighted by Gasteiger charge is 2.16. The van der Waals surface area contributed by atoms with Crippen LogP contribution in [0.3, 0.4) is 0 Å². The predicted octanol–water partition coefficient (Wildman–Crippen LogP) is 2.28. The number of hydrogen-bond acceptors (Lipinski definition) is 3. The van der Waals surface area contributed by atoms with E-state index in [1.54, 1.807) is 0 Å². The van der Waals surface area contributed by atoms with E-state index in [-0.39, 0.29) is 10.5 Å². The second kappa shape index (κ2) is 6.15. The molecule has 1 amide bonds. The van der Waals surface area contributed by atoms with Crippen molar-refractivity contribution in [3.05, 3.63) is 29.6 Å². The zero-order valence-electron chi connectivity index (χ0n) is 9.74. The highest BCUT2D eigenvalue weighted by atomic mass is 35.7. The molecule has 0 unspecified atom stereocenters. The van der Waals surface area contributed by atoms with Crippen LogP contribution in [-0.2, 0) is 9.05 Å². The molecule has 1 aromatic carbocycles. The number of benzene rings is 1. The molecule has 0 aromatic heterocycles. The maximum Gasteiger partial charge on any atom is 0.261 e. The van der Waals surface area contributed by atoms with Crippen LogP contribution >= 0.6 is 10.7 Å². The molecule has 0 radical (unpaired) electrons. The molecule has 0 spiro atoms. The van der Waals surface area contributed by atoms with Crippen LogP contribution in [0.2, 0.25) is 0 Å². The summed E-state index contributed by atoms with van der Waals surface area (Å²) < 4.78 is 35.5. The third-order valence-corrected chi connectivity index (χ3v) is 3.63. The van der Waals surface area contributed by atoms with Crippen LogP contribution in [0.25, 0.3) is 0 Å². The fraction of sp³-hybridized carbons (Fsp3) is 0.364. The Balaban J connectivity index is 2.89. The van der Waals surface area contributed by atoms with E-state index in [1.807, 2.05) is 6.92 Å². The Hall–Kier alpha value is -1.14. The van der Waals surface area contributed by atoms with E-state index in [2.05, 4.69) is 5.32 Å². The lowest BCUT2D eigenvalue weighted by molar-refractivity contribution is 0.0949.